The highest BCUT2D eigenvalue weighted by atomic mass is 32.2. The average molecular weight is 436 g/mol. The summed E-state index contributed by atoms with van der Waals surface area (Å²) in [6.07, 6.45) is 0. The number of rotatable bonds is 11. The molecule has 0 aliphatic carbocycles. The summed E-state index contributed by atoms with van der Waals surface area (Å²) >= 11 is 0. The number of para-hydroxylation sites is 1. The van der Waals surface area contributed by atoms with Crippen LogP contribution >= 0.6 is 0 Å². The molecule has 0 fully saturated rings. The number of esters is 1. The summed E-state index contributed by atoms with van der Waals surface area (Å²) in [6, 6.07) is 13.6. The van der Waals surface area contributed by atoms with Crippen molar-refractivity contribution in [1.82, 2.24) is 10.0 Å². The predicted molar refractivity (Wildman–Crippen MR) is 109 cm³/mol. The minimum Gasteiger partial charge on any atom is -0.497 e. The van der Waals surface area contributed by atoms with Crippen LogP contribution in [0.1, 0.15) is 6.92 Å². The molecular weight excluding hydrogens is 412 g/mol. The third-order valence-corrected chi connectivity index (χ3v) is 5.39. The van der Waals surface area contributed by atoms with E-state index in [0.717, 1.165) is 0 Å². The number of benzene rings is 2. The molecule has 0 unspecified atom stereocenters. The van der Waals surface area contributed by atoms with Crippen LogP contribution in [0.15, 0.2) is 59.5 Å². The van der Waals surface area contributed by atoms with Gasteiger partial charge < -0.3 is 19.5 Å². The van der Waals surface area contributed by atoms with Crippen molar-refractivity contribution in [2.24, 2.45) is 0 Å². The van der Waals surface area contributed by atoms with Gasteiger partial charge in [-0.3, -0.25) is 9.59 Å². The number of amides is 1. The lowest BCUT2D eigenvalue weighted by Gasteiger charge is -2.14. The van der Waals surface area contributed by atoms with E-state index < -0.39 is 34.5 Å². The minimum absolute atomic E-state index is 0.0286. The van der Waals surface area contributed by atoms with E-state index in [-0.39, 0.29) is 18.0 Å². The van der Waals surface area contributed by atoms with E-state index in [1.165, 1.54) is 38.3 Å². The van der Waals surface area contributed by atoms with Gasteiger partial charge in [0.2, 0.25) is 10.0 Å². The van der Waals surface area contributed by atoms with Gasteiger partial charge in [0.05, 0.1) is 18.6 Å². The lowest BCUT2D eigenvalue weighted by Crippen LogP contribution is -2.41. The minimum atomic E-state index is -3.94. The standard InChI is InChI=1S/C20H24N2O7S/c1-15(22-30(25,26)18-10-8-16(27-2)9-11-18)20(24)29-14-19(23)21-12-13-28-17-6-4-3-5-7-17/h3-11,15,22H,12-14H2,1-2H3,(H,21,23)/t15-/m0/s1. The zero-order chi connectivity index (χ0) is 22.0. The number of ether oxygens (including phenoxy) is 3. The third-order valence-electron chi connectivity index (χ3n) is 3.84. The number of sulfonamides is 1. The quantitative estimate of drug-likeness (QED) is 0.400. The van der Waals surface area contributed by atoms with E-state index in [1.807, 2.05) is 18.2 Å². The molecule has 0 aliphatic heterocycles. The van der Waals surface area contributed by atoms with E-state index in [4.69, 9.17) is 14.2 Å². The van der Waals surface area contributed by atoms with Crippen LogP contribution in [-0.4, -0.2) is 53.2 Å². The SMILES string of the molecule is COc1ccc(S(=O)(=O)N[C@@H](C)C(=O)OCC(=O)NCCOc2ccccc2)cc1. The first-order valence-corrected chi connectivity index (χ1v) is 10.6. The van der Waals surface area contributed by atoms with Crippen molar-refractivity contribution in [1.29, 1.82) is 0 Å². The summed E-state index contributed by atoms with van der Waals surface area (Å²) < 4.78 is 42.1. The average Bonchev–Trinajstić information content (AvgIpc) is 2.75. The fourth-order valence-corrected chi connectivity index (χ4v) is 3.48. The van der Waals surface area contributed by atoms with Crippen LogP contribution in [0.4, 0.5) is 0 Å². The maximum absolute atomic E-state index is 12.3. The van der Waals surface area contributed by atoms with Crippen LogP contribution in [-0.2, 0) is 24.3 Å². The first-order valence-electron chi connectivity index (χ1n) is 9.09. The van der Waals surface area contributed by atoms with Crippen LogP contribution in [0.2, 0.25) is 0 Å². The highest BCUT2D eigenvalue weighted by Crippen LogP contribution is 2.15. The van der Waals surface area contributed by atoms with Crippen molar-refractivity contribution in [2.45, 2.75) is 17.9 Å². The van der Waals surface area contributed by atoms with E-state index in [0.29, 0.717) is 11.5 Å². The molecule has 0 bridgehead atoms. The molecule has 1 atom stereocenters. The van der Waals surface area contributed by atoms with Gasteiger partial charge in [-0.25, -0.2) is 8.42 Å². The lowest BCUT2D eigenvalue weighted by molar-refractivity contribution is -0.149. The van der Waals surface area contributed by atoms with E-state index in [1.54, 1.807) is 12.1 Å². The smallest absolute Gasteiger partial charge is 0.324 e. The van der Waals surface area contributed by atoms with Crippen molar-refractivity contribution in [2.75, 3.05) is 26.9 Å². The predicted octanol–water partition coefficient (Wildman–Crippen LogP) is 1.10. The topological polar surface area (TPSA) is 120 Å². The van der Waals surface area contributed by atoms with E-state index in [9.17, 15) is 18.0 Å². The molecule has 10 heteroatoms. The Bertz CT molecular complexity index is 931. The molecule has 0 saturated heterocycles. The molecule has 162 valence electrons. The van der Waals surface area contributed by atoms with E-state index in [2.05, 4.69) is 10.0 Å². The largest absolute Gasteiger partial charge is 0.497 e. The van der Waals surface area contributed by atoms with Gasteiger partial charge in [0.25, 0.3) is 5.91 Å². The maximum Gasteiger partial charge on any atom is 0.324 e. The van der Waals surface area contributed by atoms with Crippen molar-refractivity contribution in [3.63, 3.8) is 0 Å². The summed E-state index contributed by atoms with van der Waals surface area (Å²) in [4.78, 5) is 23.7. The van der Waals surface area contributed by atoms with Gasteiger partial charge >= 0.3 is 5.97 Å². The van der Waals surface area contributed by atoms with Crippen LogP contribution in [0.3, 0.4) is 0 Å². The highest BCUT2D eigenvalue weighted by Gasteiger charge is 2.23. The molecule has 2 rings (SSSR count). The summed E-state index contributed by atoms with van der Waals surface area (Å²) in [6.45, 7) is 1.28. The zero-order valence-electron chi connectivity index (χ0n) is 16.7. The van der Waals surface area contributed by atoms with Gasteiger partial charge in [-0.1, -0.05) is 18.2 Å². The summed E-state index contributed by atoms with van der Waals surface area (Å²) in [5, 5.41) is 2.54. The molecule has 0 spiro atoms. The molecule has 0 saturated carbocycles. The van der Waals surface area contributed by atoms with Gasteiger partial charge in [-0.15, -0.1) is 0 Å². The molecule has 2 N–H and O–H groups in total. The Kier molecular flexibility index (Phi) is 8.63. The second-order valence-electron chi connectivity index (χ2n) is 6.14. The van der Waals surface area contributed by atoms with Gasteiger partial charge in [-0.2, -0.15) is 4.72 Å². The fraction of sp³-hybridized carbons (Fsp3) is 0.300. The van der Waals surface area contributed by atoms with Crippen molar-refractivity contribution >= 4 is 21.9 Å². The number of hydrogen-bond donors (Lipinski definition) is 2. The number of carbonyl (C=O) groups is 2. The van der Waals surface area contributed by atoms with Gasteiger partial charge in [-0.05, 0) is 43.3 Å². The maximum atomic E-state index is 12.3. The second-order valence-corrected chi connectivity index (χ2v) is 7.85. The first-order chi connectivity index (χ1) is 14.3. The van der Waals surface area contributed by atoms with Crippen LogP contribution in [0, 0.1) is 0 Å². The molecule has 30 heavy (non-hydrogen) atoms. The van der Waals surface area contributed by atoms with Crippen molar-refractivity contribution in [3.05, 3.63) is 54.6 Å². The van der Waals surface area contributed by atoms with Crippen LogP contribution in [0.25, 0.3) is 0 Å². The van der Waals surface area contributed by atoms with Gasteiger partial charge in [0.15, 0.2) is 6.61 Å². The number of carbonyl (C=O) groups excluding carboxylic acids is 2. The van der Waals surface area contributed by atoms with Gasteiger partial charge in [0.1, 0.15) is 24.1 Å². The Labute approximate surface area is 175 Å². The molecular formula is C20H24N2O7S. The number of nitrogens with one attached hydrogen (secondary N) is 2. The van der Waals surface area contributed by atoms with Gasteiger partial charge in [0, 0.05) is 0 Å². The molecule has 0 heterocycles. The summed E-state index contributed by atoms with van der Waals surface area (Å²) in [5.74, 6) is -0.217. The molecule has 0 radical (unpaired) electrons. The summed E-state index contributed by atoms with van der Waals surface area (Å²) in [5.41, 5.74) is 0. The normalized spacial score (nSPS) is 11.9. The fourth-order valence-electron chi connectivity index (χ4n) is 2.29. The molecule has 2 aromatic rings. The Hall–Kier alpha value is -3.11. The number of hydrogen-bond acceptors (Lipinski definition) is 7. The summed E-state index contributed by atoms with van der Waals surface area (Å²) in [7, 11) is -2.47. The second kappa shape index (κ2) is 11.2. The Morgan fingerprint density at radius 3 is 2.30 bits per heavy atom. The Balaban J connectivity index is 1.71. The Morgan fingerprint density at radius 2 is 1.67 bits per heavy atom. The molecule has 1 amide bonds. The highest BCUT2D eigenvalue weighted by molar-refractivity contribution is 7.89. The lowest BCUT2D eigenvalue weighted by atomic mass is 10.3. The van der Waals surface area contributed by atoms with Crippen molar-refractivity contribution in [3.8, 4) is 11.5 Å². The van der Waals surface area contributed by atoms with Crippen molar-refractivity contribution < 1.29 is 32.2 Å². The third kappa shape index (κ3) is 7.37. The first kappa shape index (κ1) is 23.2. The molecule has 0 aliphatic rings. The molecule has 0 aromatic heterocycles. The Morgan fingerprint density at radius 1 is 1.00 bits per heavy atom. The molecule has 9 nitrogen and oxygen atoms in total. The number of methoxy groups -OCH3 is 1. The van der Waals surface area contributed by atoms with Crippen LogP contribution in [0.5, 0.6) is 11.5 Å². The molecule has 2 aromatic carbocycles. The van der Waals surface area contributed by atoms with Crippen LogP contribution < -0.4 is 19.5 Å². The zero-order valence-corrected chi connectivity index (χ0v) is 17.5. The monoisotopic (exact) mass is 436 g/mol. The van der Waals surface area contributed by atoms with E-state index >= 15 is 0 Å².